The molecule has 13 heavy (non-hydrogen) atoms. The van der Waals surface area contributed by atoms with Gasteiger partial charge in [0, 0.05) is 5.46 Å². The van der Waals surface area contributed by atoms with Crippen molar-refractivity contribution >= 4 is 19.6 Å². The SMILES string of the molecule is [B]c1c(OCCCC)noc1C=O. The summed E-state index contributed by atoms with van der Waals surface area (Å²) in [6.07, 6.45) is 2.45. The molecule has 0 N–H and O–H groups in total. The summed E-state index contributed by atoms with van der Waals surface area (Å²) in [6.45, 7) is 2.58. The van der Waals surface area contributed by atoms with Crippen LogP contribution in [0.25, 0.3) is 0 Å². The van der Waals surface area contributed by atoms with Gasteiger partial charge in [0.05, 0.1) is 6.61 Å². The molecule has 0 aliphatic rings. The highest BCUT2D eigenvalue weighted by molar-refractivity contribution is 6.36. The Hall–Kier alpha value is -1.26. The highest BCUT2D eigenvalue weighted by Crippen LogP contribution is 2.05. The van der Waals surface area contributed by atoms with E-state index in [1.165, 1.54) is 0 Å². The lowest BCUT2D eigenvalue weighted by atomic mass is 9.97. The molecule has 0 aromatic carbocycles. The van der Waals surface area contributed by atoms with Crippen LogP contribution in [0.4, 0.5) is 0 Å². The van der Waals surface area contributed by atoms with Crippen LogP contribution in [0.2, 0.25) is 0 Å². The smallest absolute Gasteiger partial charge is 0.247 e. The maximum Gasteiger partial charge on any atom is 0.247 e. The van der Waals surface area contributed by atoms with Gasteiger partial charge in [0.2, 0.25) is 5.88 Å². The molecule has 0 bridgehead atoms. The summed E-state index contributed by atoms with van der Waals surface area (Å²) in [5.41, 5.74) is 0.172. The average Bonchev–Trinajstić information content (AvgIpc) is 2.48. The number of aldehydes is 1. The van der Waals surface area contributed by atoms with Crippen molar-refractivity contribution in [3.05, 3.63) is 5.76 Å². The van der Waals surface area contributed by atoms with E-state index >= 15 is 0 Å². The van der Waals surface area contributed by atoms with E-state index in [1.54, 1.807) is 0 Å². The van der Waals surface area contributed by atoms with Crippen molar-refractivity contribution in [2.24, 2.45) is 0 Å². The molecule has 1 heterocycles. The highest BCUT2D eigenvalue weighted by Gasteiger charge is 2.10. The molecule has 4 nitrogen and oxygen atoms in total. The molecule has 0 aliphatic heterocycles. The van der Waals surface area contributed by atoms with Crippen LogP contribution in [-0.4, -0.2) is 25.9 Å². The minimum atomic E-state index is 0.0199. The normalized spacial score (nSPS) is 9.92. The van der Waals surface area contributed by atoms with Crippen molar-refractivity contribution in [2.75, 3.05) is 6.61 Å². The summed E-state index contributed by atoms with van der Waals surface area (Å²) in [7, 11) is 5.48. The number of aromatic nitrogens is 1. The summed E-state index contributed by atoms with van der Waals surface area (Å²) in [6, 6.07) is 0. The fourth-order valence-electron chi connectivity index (χ4n) is 0.797. The number of rotatable bonds is 5. The zero-order valence-electron chi connectivity index (χ0n) is 7.45. The first-order valence-electron chi connectivity index (χ1n) is 4.12. The van der Waals surface area contributed by atoms with Gasteiger partial charge in [-0.25, -0.2) is 0 Å². The number of hydrogen-bond donors (Lipinski definition) is 0. The molecule has 5 heteroatoms. The number of unbranched alkanes of at least 4 members (excludes halogenated alkanes) is 1. The fraction of sp³-hybridized carbons (Fsp3) is 0.500. The third-order valence-corrected chi connectivity index (χ3v) is 1.57. The summed E-state index contributed by atoms with van der Waals surface area (Å²) in [5, 5.41) is 3.50. The van der Waals surface area contributed by atoms with Crippen molar-refractivity contribution in [3.63, 3.8) is 0 Å². The average molecular weight is 179 g/mol. The molecule has 68 valence electrons. The van der Waals surface area contributed by atoms with Gasteiger partial charge in [0.25, 0.3) is 0 Å². The lowest BCUT2D eigenvalue weighted by molar-refractivity contribution is 0.109. The first-order valence-corrected chi connectivity index (χ1v) is 4.12. The Kier molecular flexibility index (Phi) is 3.55. The topological polar surface area (TPSA) is 52.3 Å². The molecule has 0 saturated heterocycles. The first kappa shape index (κ1) is 9.83. The minimum Gasteiger partial charge on any atom is -0.476 e. The van der Waals surface area contributed by atoms with Gasteiger partial charge in [-0.05, 0) is 11.6 Å². The standard InChI is InChI=1S/C8H10BNO3/c1-2-3-4-12-8-7(9)6(5-11)13-10-8/h5H,2-4H2,1H3. The van der Waals surface area contributed by atoms with Gasteiger partial charge in [-0.15, -0.1) is 0 Å². The van der Waals surface area contributed by atoms with Crippen LogP contribution in [0.1, 0.15) is 30.3 Å². The maximum atomic E-state index is 10.3. The first-order chi connectivity index (χ1) is 6.29. The van der Waals surface area contributed by atoms with Crippen molar-refractivity contribution in [1.29, 1.82) is 0 Å². The molecule has 0 amide bonds. The quantitative estimate of drug-likeness (QED) is 0.374. The molecule has 0 unspecified atom stereocenters. The van der Waals surface area contributed by atoms with E-state index in [-0.39, 0.29) is 17.1 Å². The van der Waals surface area contributed by atoms with Crippen LogP contribution in [0.5, 0.6) is 5.88 Å². The van der Waals surface area contributed by atoms with Gasteiger partial charge in [-0.3, -0.25) is 4.79 Å². The molecule has 2 radical (unpaired) electrons. The number of carbonyl (C=O) groups is 1. The van der Waals surface area contributed by atoms with E-state index < -0.39 is 0 Å². The van der Waals surface area contributed by atoms with E-state index in [1.807, 2.05) is 6.92 Å². The Labute approximate surface area is 77.6 Å². The van der Waals surface area contributed by atoms with Gasteiger partial charge in [0.1, 0.15) is 7.85 Å². The van der Waals surface area contributed by atoms with E-state index in [4.69, 9.17) is 12.6 Å². The second kappa shape index (κ2) is 4.69. The molecule has 0 aliphatic carbocycles. The maximum absolute atomic E-state index is 10.3. The molecule has 1 aromatic heterocycles. The van der Waals surface area contributed by atoms with Crippen LogP contribution in [0.3, 0.4) is 0 Å². The molecule has 0 spiro atoms. The van der Waals surface area contributed by atoms with Crippen LogP contribution >= 0.6 is 0 Å². The van der Waals surface area contributed by atoms with Crippen molar-refractivity contribution in [1.82, 2.24) is 5.16 Å². The molecule has 1 aromatic rings. The van der Waals surface area contributed by atoms with Crippen LogP contribution in [0, 0.1) is 0 Å². The molecule has 0 fully saturated rings. The molecule has 0 atom stereocenters. The highest BCUT2D eigenvalue weighted by atomic mass is 16.5. The predicted molar refractivity (Wildman–Crippen MR) is 47.7 cm³/mol. The Morgan fingerprint density at radius 2 is 2.46 bits per heavy atom. The van der Waals surface area contributed by atoms with E-state index in [9.17, 15) is 4.79 Å². The Bertz CT molecular complexity index is 285. The van der Waals surface area contributed by atoms with E-state index in [0.717, 1.165) is 12.8 Å². The van der Waals surface area contributed by atoms with Crippen molar-refractivity contribution < 1.29 is 14.1 Å². The molecule has 1 rings (SSSR count). The number of hydrogen-bond acceptors (Lipinski definition) is 4. The van der Waals surface area contributed by atoms with Gasteiger partial charge < -0.3 is 9.26 Å². The molecule has 0 saturated carbocycles. The number of nitrogens with zero attached hydrogens (tertiary/aromatic N) is 1. The zero-order valence-corrected chi connectivity index (χ0v) is 7.45. The van der Waals surface area contributed by atoms with Gasteiger partial charge in [-0.1, -0.05) is 13.3 Å². The Morgan fingerprint density at radius 1 is 1.69 bits per heavy atom. The summed E-state index contributed by atoms with van der Waals surface area (Å²) < 4.78 is 9.78. The van der Waals surface area contributed by atoms with Crippen molar-refractivity contribution in [3.8, 4) is 5.88 Å². The lowest BCUT2D eigenvalue weighted by Gasteiger charge is -2.00. The van der Waals surface area contributed by atoms with E-state index in [0.29, 0.717) is 12.9 Å². The summed E-state index contributed by atoms with van der Waals surface area (Å²) in [5.74, 6) is 0.224. The van der Waals surface area contributed by atoms with Crippen molar-refractivity contribution in [2.45, 2.75) is 19.8 Å². The second-order valence-electron chi connectivity index (χ2n) is 2.59. The third-order valence-electron chi connectivity index (χ3n) is 1.57. The lowest BCUT2D eigenvalue weighted by Crippen LogP contribution is -2.11. The molecular weight excluding hydrogens is 169 g/mol. The summed E-state index contributed by atoms with van der Waals surface area (Å²) >= 11 is 0. The Balaban J connectivity index is 2.56. The minimum absolute atomic E-state index is 0.0199. The van der Waals surface area contributed by atoms with Crippen LogP contribution in [-0.2, 0) is 0 Å². The monoisotopic (exact) mass is 179 g/mol. The van der Waals surface area contributed by atoms with E-state index in [2.05, 4.69) is 9.68 Å². The Morgan fingerprint density at radius 3 is 3.00 bits per heavy atom. The summed E-state index contributed by atoms with van der Waals surface area (Å²) in [4.78, 5) is 10.3. The van der Waals surface area contributed by atoms with Gasteiger partial charge in [0.15, 0.2) is 12.0 Å². The van der Waals surface area contributed by atoms with Crippen LogP contribution in [0.15, 0.2) is 4.52 Å². The predicted octanol–water partition coefficient (Wildman–Crippen LogP) is 0.460. The second-order valence-corrected chi connectivity index (χ2v) is 2.59. The third kappa shape index (κ3) is 2.34. The number of ether oxygens (including phenoxy) is 1. The number of carbonyl (C=O) groups excluding carboxylic acids is 1. The van der Waals surface area contributed by atoms with Gasteiger partial charge in [-0.2, -0.15) is 0 Å². The molecular formula is C8H10BNO3. The zero-order chi connectivity index (χ0) is 9.68. The largest absolute Gasteiger partial charge is 0.476 e. The van der Waals surface area contributed by atoms with Crippen LogP contribution < -0.4 is 10.2 Å². The van der Waals surface area contributed by atoms with Gasteiger partial charge >= 0.3 is 0 Å². The fourth-order valence-corrected chi connectivity index (χ4v) is 0.797.